The second-order valence-corrected chi connectivity index (χ2v) is 7.66. The van der Waals surface area contributed by atoms with E-state index in [1.54, 1.807) is 12.1 Å². The largest absolute Gasteiger partial charge is 0.457 e. The maximum Gasteiger partial charge on any atom is 0.229 e. The van der Waals surface area contributed by atoms with Crippen LogP contribution in [0.15, 0.2) is 72.8 Å². The number of rotatable bonds is 5. The molecule has 0 atom stereocenters. The summed E-state index contributed by atoms with van der Waals surface area (Å²) in [6.45, 7) is 0. The maximum atomic E-state index is 11.3. The van der Waals surface area contributed by atoms with Gasteiger partial charge in [-0.3, -0.25) is 4.72 Å². The van der Waals surface area contributed by atoms with Crippen molar-refractivity contribution in [3.63, 3.8) is 0 Å². The Bertz CT molecular complexity index is 971. The Kier molecular flexibility index (Phi) is 4.97. The minimum absolute atomic E-state index is 0.340. The number of ether oxygens (including phenoxy) is 1. The molecule has 0 aliphatic heterocycles. The average Bonchev–Trinajstić information content (AvgIpc) is 2.57. The van der Waals surface area contributed by atoms with Gasteiger partial charge in [-0.2, -0.15) is 0 Å². The van der Waals surface area contributed by atoms with E-state index in [1.807, 2.05) is 60.7 Å². The SMILES string of the molecule is CS(=O)(=O)Nc1ccc(-c2ccc(Oc3ccccc3)cc2)cc1Cl. The van der Waals surface area contributed by atoms with Gasteiger partial charge >= 0.3 is 0 Å². The Labute approximate surface area is 152 Å². The molecule has 0 fully saturated rings. The fourth-order valence-corrected chi connectivity index (χ4v) is 3.18. The zero-order chi connectivity index (χ0) is 17.9. The molecule has 25 heavy (non-hydrogen) atoms. The van der Waals surface area contributed by atoms with Gasteiger partial charge < -0.3 is 4.74 Å². The molecule has 0 spiro atoms. The lowest BCUT2D eigenvalue weighted by atomic mass is 10.1. The Balaban J connectivity index is 1.79. The Morgan fingerprint density at radius 3 is 2.04 bits per heavy atom. The second kappa shape index (κ2) is 7.17. The summed E-state index contributed by atoms with van der Waals surface area (Å²) in [5.74, 6) is 1.51. The number of hydrogen-bond donors (Lipinski definition) is 1. The summed E-state index contributed by atoms with van der Waals surface area (Å²) in [6, 6.07) is 22.3. The van der Waals surface area contributed by atoms with Crippen LogP contribution in [0.3, 0.4) is 0 Å². The van der Waals surface area contributed by atoms with Gasteiger partial charge in [0.2, 0.25) is 10.0 Å². The number of sulfonamides is 1. The van der Waals surface area contributed by atoms with Gasteiger partial charge in [0.1, 0.15) is 11.5 Å². The molecule has 3 rings (SSSR count). The fourth-order valence-electron chi connectivity index (χ4n) is 2.32. The van der Waals surface area contributed by atoms with Crippen LogP contribution in [-0.2, 0) is 10.0 Å². The van der Waals surface area contributed by atoms with Gasteiger partial charge in [0.25, 0.3) is 0 Å². The van der Waals surface area contributed by atoms with E-state index in [4.69, 9.17) is 16.3 Å². The van der Waals surface area contributed by atoms with Gasteiger partial charge in [-0.15, -0.1) is 0 Å². The lowest BCUT2D eigenvalue weighted by molar-refractivity contribution is 0.483. The fraction of sp³-hybridized carbons (Fsp3) is 0.0526. The molecule has 4 nitrogen and oxygen atoms in total. The van der Waals surface area contributed by atoms with Crippen molar-refractivity contribution in [3.05, 3.63) is 77.8 Å². The summed E-state index contributed by atoms with van der Waals surface area (Å²) in [5, 5.41) is 0.340. The predicted octanol–water partition coefficient (Wildman–Crippen LogP) is 5.17. The van der Waals surface area contributed by atoms with Crippen molar-refractivity contribution in [2.45, 2.75) is 0 Å². The van der Waals surface area contributed by atoms with Gasteiger partial charge in [0.15, 0.2) is 0 Å². The van der Waals surface area contributed by atoms with Crippen molar-refractivity contribution in [2.75, 3.05) is 11.0 Å². The van der Waals surface area contributed by atoms with Crippen LogP contribution in [0, 0.1) is 0 Å². The normalized spacial score (nSPS) is 11.1. The van der Waals surface area contributed by atoms with Gasteiger partial charge in [-0.05, 0) is 47.5 Å². The molecule has 128 valence electrons. The molecular formula is C19H16ClNO3S. The number of nitrogens with one attached hydrogen (secondary N) is 1. The lowest BCUT2D eigenvalue weighted by Crippen LogP contribution is -2.09. The van der Waals surface area contributed by atoms with E-state index in [-0.39, 0.29) is 0 Å². The standard InChI is InChI=1S/C19H16ClNO3S/c1-25(22,23)21-19-12-9-15(13-18(19)20)14-7-10-17(11-8-14)24-16-5-3-2-4-6-16/h2-13,21H,1H3. The first-order valence-corrected chi connectivity index (χ1v) is 9.78. The van der Waals surface area contributed by atoms with Crippen molar-refractivity contribution >= 4 is 27.3 Å². The summed E-state index contributed by atoms with van der Waals surface area (Å²) < 4.78 is 30.8. The van der Waals surface area contributed by atoms with Crippen LogP contribution >= 0.6 is 11.6 Å². The average molecular weight is 374 g/mol. The Morgan fingerprint density at radius 1 is 0.840 bits per heavy atom. The highest BCUT2D eigenvalue weighted by atomic mass is 35.5. The smallest absolute Gasteiger partial charge is 0.229 e. The van der Waals surface area contributed by atoms with E-state index in [0.29, 0.717) is 10.7 Å². The zero-order valence-corrected chi connectivity index (χ0v) is 15.0. The minimum atomic E-state index is -3.36. The van der Waals surface area contributed by atoms with Crippen LogP contribution in [0.5, 0.6) is 11.5 Å². The number of halogens is 1. The summed E-state index contributed by atoms with van der Waals surface area (Å²) >= 11 is 6.17. The first kappa shape index (κ1) is 17.3. The predicted molar refractivity (Wildman–Crippen MR) is 102 cm³/mol. The summed E-state index contributed by atoms with van der Waals surface area (Å²) in [6.07, 6.45) is 1.09. The van der Waals surface area contributed by atoms with Crippen molar-refractivity contribution in [1.29, 1.82) is 0 Å². The number of para-hydroxylation sites is 1. The molecule has 3 aromatic rings. The molecular weight excluding hydrogens is 358 g/mol. The van der Waals surface area contributed by atoms with Crippen LogP contribution in [-0.4, -0.2) is 14.7 Å². The lowest BCUT2D eigenvalue weighted by Gasteiger charge is -2.10. The summed E-state index contributed by atoms with van der Waals surface area (Å²) in [7, 11) is -3.36. The first-order chi connectivity index (χ1) is 11.9. The molecule has 3 aromatic carbocycles. The Morgan fingerprint density at radius 2 is 1.44 bits per heavy atom. The zero-order valence-electron chi connectivity index (χ0n) is 13.4. The summed E-state index contributed by atoms with van der Waals surface area (Å²) in [5.41, 5.74) is 2.19. The Hall–Kier alpha value is -2.50. The summed E-state index contributed by atoms with van der Waals surface area (Å²) in [4.78, 5) is 0. The topological polar surface area (TPSA) is 55.4 Å². The van der Waals surface area contributed by atoms with Crippen molar-refractivity contribution in [2.24, 2.45) is 0 Å². The van der Waals surface area contributed by atoms with E-state index in [2.05, 4.69) is 4.72 Å². The number of anilines is 1. The first-order valence-electron chi connectivity index (χ1n) is 7.51. The molecule has 0 unspecified atom stereocenters. The second-order valence-electron chi connectivity index (χ2n) is 5.51. The van der Waals surface area contributed by atoms with Crippen molar-refractivity contribution < 1.29 is 13.2 Å². The van der Waals surface area contributed by atoms with E-state index in [1.165, 1.54) is 0 Å². The number of benzene rings is 3. The molecule has 0 saturated carbocycles. The third-order valence-electron chi connectivity index (χ3n) is 3.43. The third kappa shape index (κ3) is 4.75. The van der Waals surface area contributed by atoms with E-state index < -0.39 is 10.0 Å². The van der Waals surface area contributed by atoms with Crippen molar-refractivity contribution in [3.8, 4) is 22.6 Å². The third-order valence-corrected chi connectivity index (χ3v) is 4.33. The van der Waals surface area contributed by atoms with Gasteiger partial charge in [-0.1, -0.05) is 48.0 Å². The monoisotopic (exact) mass is 373 g/mol. The van der Waals surface area contributed by atoms with Crippen LogP contribution in [0.25, 0.3) is 11.1 Å². The van der Waals surface area contributed by atoms with Crippen LogP contribution < -0.4 is 9.46 Å². The van der Waals surface area contributed by atoms with Crippen molar-refractivity contribution in [1.82, 2.24) is 0 Å². The van der Waals surface area contributed by atoms with Crippen LogP contribution in [0.1, 0.15) is 0 Å². The molecule has 0 aliphatic rings. The van der Waals surface area contributed by atoms with Crippen LogP contribution in [0.4, 0.5) is 5.69 Å². The number of hydrogen-bond acceptors (Lipinski definition) is 3. The minimum Gasteiger partial charge on any atom is -0.457 e. The van der Waals surface area contributed by atoms with E-state index in [9.17, 15) is 8.42 Å². The molecule has 6 heteroatoms. The molecule has 0 radical (unpaired) electrons. The van der Waals surface area contributed by atoms with Gasteiger partial charge in [-0.25, -0.2) is 8.42 Å². The molecule has 0 amide bonds. The highest BCUT2D eigenvalue weighted by Crippen LogP contribution is 2.31. The molecule has 0 aromatic heterocycles. The maximum absolute atomic E-state index is 11.3. The molecule has 0 bridgehead atoms. The molecule has 0 heterocycles. The van der Waals surface area contributed by atoms with Gasteiger partial charge in [0.05, 0.1) is 17.0 Å². The van der Waals surface area contributed by atoms with E-state index >= 15 is 0 Å². The highest BCUT2D eigenvalue weighted by Gasteiger charge is 2.08. The van der Waals surface area contributed by atoms with Gasteiger partial charge in [0, 0.05) is 0 Å². The quantitative estimate of drug-likeness (QED) is 0.671. The highest BCUT2D eigenvalue weighted by molar-refractivity contribution is 7.92. The molecule has 1 N–H and O–H groups in total. The molecule has 0 aliphatic carbocycles. The molecule has 0 saturated heterocycles. The van der Waals surface area contributed by atoms with E-state index in [0.717, 1.165) is 28.9 Å². The van der Waals surface area contributed by atoms with Crippen LogP contribution in [0.2, 0.25) is 5.02 Å².